The summed E-state index contributed by atoms with van der Waals surface area (Å²) in [5.41, 5.74) is 5.25. The molecule has 0 amide bonds. The summed E-state index contributed by atoms with van der Waals surface area (Å²) in [6.07, 6.45) is 0. The lowest BCUT2D eigenvalue weighted by Crippen LogP contribution is -2.61. The van der Waals surface area contributed by atoms with Gasteiger partial charge < -0.3 is 18.9 Å². The predicted molar refractivity (Wildman–Crippen MR) is 444 cm³/mol. The molecule has 2 aliphatic heterocycles. The average molecular weight is 1360 g/mol. The minimum absolute atomic E-state index is 0.149. The first-order valence-electron chi connectivity index (χ1n) is 46.2. The lowest BCUT2D eigenvalue weighted by atomic mass is 9.33. The minimum atomic E-state index is -1.65. The molecule has 506 valence electrons. The molecule has 0 N–H and O–H groups in total. The van der Waals surface area contributed by atoms with Crippen LogP contribution in [0.5, 0.6) is 0 Å². The van der Waals surface area contributed by atoms with Crippen LogP contribution in [0, 0.1) is 0 Å². The van der Waals surface area contributed by atoms with Crippen LogP contribution in [0.1, 0.15) is 162 Å². The van der Waals surface area contributed by atoms with Gasteiger partial charge in [-0.2, -0.15) is 0 Å². The lowest BCUT2D eigenvalue weighted by Gasteiger charge is -2.47. The summed E-state index contributed by atoms with van der Waals surface area (Å²) in [5.74, 6) is 0. The third-order valence-corrected chi connectivity index (χ3v) is 20.6. The lowest BCUT2D eigenvalue weighted by molar-refractivity contribution is 0.590. The van der Waals surface area contributed by atoms with Crippen LogP contribution in [0.25, 0.3) is 99.5 Å². The molecule has 4 heterocycles. The van der Waals surface area contributed by atoms with Crippen molar-refractivity contribution in [2.45, 2.75) is 131 Å². The van der Waals surface area contributed by atoms with Gasteiger partial charge in [-0.25, -0.2) is 0 Å². The molecule has 0 radical (unpaired) electrons. The number of hydrogen-bond donors (Lipinski definition) is 0. The summed E-state index contributed by atoms with van der Waals surface area (Å²) in [4.78, 5) is 3.83. The zero-order chi connectivity index (χ0) is 90.5. The number of hydrogen-bond acceptors (Lipinski definition) is 2. The van der Waals surface area contributed by atoms with E-state index in [4.69, 9.17) is 5.48 Å². The third-order valence-electron chi connectivity index (χ3n) is 20.6. The van der Waals surface area contributed by atoms with E-state index in [0.29, 0.717) is 78.3 Å². The Labute approximate surface area is 640 Å². The predicted octanol–water partition coefficient (Wildman–Crippen LogP) is 25.1. The number of rotatable bonds is 8. The van der Waals surface area contributed by atoms with E-state index in [1.165, 1.54) is 0 Å². The Morgan fingerprint density at radius 3 is 0.864 bits per heavy atom. The molecule has 0 saturated carbocycles. The average Bonchev–Trinajstić information content (AvgIpc) is 1.50. The fourth-order valence-electron chi connectivity index (χ4n) is 15.0. The summed E-state index contributed by atoms with van der Waals surface area (Å²) >= 11 is 0. The fraction of sp³-hybridized carbons (Fsp3) is 0.204. The fourth-order valence-corrected chi connectivity index (χ4v) is 15.0. The second-order valence-corrected chi connectivity index (χ2v) is 32.5. The van der Waals surface area contributed by atoms with Gasteiger partial charge in [0.2, 0.25) is 0 Å². The van der Waals surface area contributed by atoms with Crippen LogP contribution in [-0.4, -0.2) is 15.8 Å². The number of para-hydroxylation sites is 4. The van der Waals surface area contributed by atoms with Gasteiger partial charge in [0.25, 0.3) is 6.71 Å². The summed E-state index contributed by atoms with van der Waals surface area (Å²) < 4.78 is 223. The van der Waals surface area contributed by atoms with Crippen molar-refractivity contribution in [1.29, 1.82) is 0 Å². The molecule has 103 heavy (non-hydrogen) atoms. The zero-order valence-electron chi connectivity index (χ0n) is 82.7. The Morgan fingerprint density at radius 2 is 0.563 bits per heavy atom. The van der Waals surface area contributed by atoms with Gasteiger partial charge in [0, 0.05) is 77.9 Å². The van der Waals surface area contributed by atoms with Crippen molar-refractivity contribution in [1.82, 2.24) is 9.13 Å². The Balaban J connectivity index is 1.18. The van der Waals surface area contributed by atoms with Crippen molar-refractivity contribution in [2.75, 3.05) is 9.80 Å². The largest absolute Gasteiger partial charge is 0.310 e. The molecule has 13 aromatic carbocycles. The van der Waals surface area contributed by atoms with E-state index in [1.807, 2.05) is 128 Å². The van der Waals surface area contributed by atoms with Crippen molar-refractivity contribution >= 4 is 101 Å². The number of fused-ring (bicyclic) bond motifs is 10. The van der Waals surface area contributed by atoms with E-state index in [2.05, 4.69) is 132 Å². The van der Waals surface area contributed by atoms with Crippen LogP contribution in [0.4, 0.5) is 34.1 Å². The molecule has 0 fully saturated rings. The Bertz CT molecular complexity index is 6670. The second-order valence-electron chi connectivity index (χ2n) is 32.5. The van der Waals surface area contributed by atoms with E-state index >= 15 is 0 Å². The molecule has 0 aliphatic carbocycles. The first-order chi connectivity index (χ1) is 58.4. The topological polar surface area (TPSA) is 16.3 Å². The number of anilines is 6. The van der Waals surface area contributed by atoms with Gasteiger partial charge in [0.05, 0.1) is 63.6 Å². The highest BCUT2D eigenvalue weighted by Crippen LogP contribution is 2.56. The van der Waals surface area contributed by atoms with Crippen LogP contribution in [0.15, 0.2) is 279 Å². The SMILES string of the molecule is [2H]c1c([2H])c(-n2c3c([2H])c([2H])c([2H])c([2H])c3c3c([2H])c([2H])c([2H])c([2H])c32)c([2H])c2c1B1c3c(cc(C(C)(C)C)cc3N(c3c(-c4ccccc4)cc(C(C)(C)C)cc3-c3ccc(C(C)(C)C)cc3)c3c([2H])c(-n4c5c([2H])c([2H])c([2H])c([2H])c5c5c([2H])c([2H])c([2H])c([2H])c54)c([2H])c([2H])c31)N2c1c(-c2ccccc2)cc(C(C)(C)C)cc1-c1ccc(C(C)(C)C)cc1. The van der Waals surface area contributed by atoms with Crippen molar-refractivity contribution in [3.05, 3.63) is 306 Å². The van der Waals surface area contributed by atoms with Gasteiger partial charge in [-0.15, -0.1) is 0 Å². The summed E-state index contributed by atoms with van der Waals surface area (Å²) in [6, 6.07) is 32.6. The van der Waals surface area contributed by atoms with Gasteiger partial charge in [-0.1, -0.05) is 298 Å². The maximum atomic E-state index is 11.8. The van der Waals surface area contributed by atoms with Crippen LogP contribution in [0.3, 0.4) is 0 Å². The second kappa shape index (κ2) is 23.9. The highest BCUT2D eigenvalue weighted by atomic mass is 15.2. The minimum Gasteiger partial charge on any atom is -0.310 e. The smallest absolute Gasteiger partial charge is 0.252 e. The molecule has 4 nitrogen and oxygen atoms in total. The van der Waals surface area contributed by atoms with Gasteiger partial charge >= 0.3 is 0 Å². The molecule has 0 saturated heterocycles. The zero-order valence-corrected chi connectivity index (χ0v) is 60.7. The van der Waals surface area contributed by atoms with Gasteiger partial charge in [-0.05, 0) is 178 Å². The van der Waals surface area contributed by atoms with Gasteiger partial charge in [0.1, 0.15) is 0 Å². The normalized spacial score (nSPS) is 16.3. The Morgan fingerprint density at radius 1 is 0.282 bits per heavy atom. The van der Waals surface area contributed by atoms with E-state index in [0.717, 1.165) is 31.4 Å². The molecular weight excluding hydrogens is 1240 g/mol. The number of aromatic nitrogens is 2. The first-order valence-corrected chi connectivity index (χ1v) is 35.2. The summed E-state index contributed by atoms with van der Waals surface area (Å²) in [6.45, 7) is 29.9. The van der Waals surface area contributed by atoms with Crippen LogP contribution in [0.2, 0.25) is 0 Å². The van der Waals surface area contributed by atoms with E-state index in [-0.39, 0.29) is 54.7 Å². The van der Waals surface area contributed by atoms with Crippen molar-refractivity contribution in [3.8, 4) is 55.9 Å². The van der Waals surface area contributed by atoms with Crippen LogP contribution < -0.4 is 26.2 Å². The molecular formula is C98H91BN4. The molecule has 0 unspecified atom stereocenters. The maximum Gasteiger partial charge on any atom is 0.252 e. The molecule has 17 rings (SSSR count). The molecule has 5 heteroatoms. The van der Waals surface area contributed by atoms with E-state index in [9.17, 15) is 24.7 Å². The maximum absolute atomic E-state index is 11.8. The number of benzene rings is 13. The van der Waals surface area contributed by atoms with Crippen molar-refractivity contribution < 1.29 is 30.2 Å². The van der Waals surface area contributed by atoms with E-state index < -0.39 is 189 Å². The van der Waals surface area contributed by atoms with Crippen molar-refractivity contribution in [3.63, 3.8) is 0 Å². The molecule has 0 spiro atoms. The quantitative estimate of drug-likeness (QED) is 0.141. The highest BCUT2D eigenvalue weighted by molar-refractivity contribution is 7.00. The standard InChI is InChI=1S/C98H91BN4/c1-94(2,3)66-46-42-64(43-47-66)79-56-68(96(7,8)9)54-77(62-30-18-16-19-31-62)92(79)102-87-60-71(100-83-38-26-22-34-73(83)74-35-23-27-39-84(74)100)50-52-81(87)99-82-53-51-72(101-85-40-28-24-36-75(85)76-37-25-29-41-86(76)101)61-88(82)103(90-59-70(98(13,14)15)58-89(102)91(90)99)93-78(63-32-20-17-21-33-63)55-69(97(10,11)12)57-80(93)65-44-48-67(49-45-65)95(4,5)6/h16-61H,1-15H3/i22D,23D,24D,25D,26D,27D,28D,29D,34D,35D,36D,37D,38D,39D,40D,41D,50D,51D,52D,53D,60D,61D. The monoisotopic (exact) mass is 1360 g/mol. The van der Waals surface area contributed by atoms with Crippen LogP contribution >= 0.6 is 0 Å². The Hall–Kier alpha value is -10.9. The van der Waals surface area contributed by atoms with Crippen molar-refractivity contribution in [2.24, 2.45) is 0 Å². The molecule has 0 bridgehead atoms. The number of nitrogens with zero attached hydrogens (tertiary/aromatic N) is 4. The molecule has 2 aliphatic rings. The summed E-state index contributed by atoms with van der Waals surface area (Å²) in [7, 11) is 0. The third kappa shape index (κ3) is 10.9. The molecule has 0 atom stereocenters. The Kier molecular flexibility index (Phi) is 10.5. The van der Waals surface area contributed by atoms with Gasteiger partial charge in [-0.3, -0.25) is 0 Å². The van der Waals surface area contributed by atoms with Gasteiger partial charge in [0.15, 0.2) is 0 Å². The van der Waals surface area contributed by atoms with Crippen LogP contribution in [-0.2, 0) is 27.1 Å². The molecule has 2 aromatic heterocycles. The van der Waals surface area contributed by atoms with E-state index in [1.54, 1.807) is 0 Å². The highest BCUT2D eigenvalue weighted by Gasteiger charge is 2.47. The molecule has 15 aromatic rings. The summed E-state index contributed by atoms with van der Waals surface area (Å²) in [5, 5.41) is -1.39. The first kappa shape index (κ1) is 45.2.